The van der Waals surface area contributed by atoms with Crippen LogP contribution in [0.4, 0.5) is 5.95 Å². The summed E-state index contributed by atoms with van der Waals surface area (Å²) in [4.78, 5) is 7.29. The van der Waals surface area contributed by atoms with Crippen LogP contribution in [0.5, 0.6) is 0 Å². The predicted octanol–water partition coefficient (Wildman–Crippen LogP) is 3.20. The lowest BCUT2D eigenvalue weighted by molar-refractivity contribution is 0.276. The Morgan fingerprint density at radius 2 is 2.05 bits per heavy atom. The Morgan fingerprint density at radius 3 is 2.80 bits per heavy atom. The van der Waals surface area contributed by atoms with Gasteiger partial charge >= 0.3 is 0 Å². The lowest BCUT2D eigenvalue weighted by Crippen LogP contribution is -2.35. The summed E-state index contributed by atoms with van der Waals surface area (Å²) in [5.41, 5.74) is 1.14. The van der Waals surface area contributed by atoms with Crippen molar-refractivity contribution >= 4 is 5.95 Å². The molecule has 1 aliphatic carbocycles. The van der Waals surface area contributed by atoms with Gasteiger partial charge in [0.2, 0.25) is 5.95 Å². The Labute approximate surface area is 122 Å². The Hall–Kier alpha value is -1.03. The maximum absolute atomic E-state index is 4.70. The first kappa shape index (κ1) is 13.9. The highest BCUT2D eigenvalue weighted by atomic mass is 15.2. The van der Waals surface area contributed by atoms with E-state index in [1.165, 1.54) is 51.6 Å². The van der Waals surface area contributed by atoms with Crippen LogP contribution in [0, 0.1) is 6.92 Å². The molecule has 1 saturated carbocycles. The average Bonchev–Trinajstić information content (AvgIpc) is 3.16. The fraction of sp³-hybridized carbons (Fsp3) is 0.812. The number of aryl methyl sites for hydroxylation is 1. The van der Waals surface area contributed by atoms with Crippen LogP contribution in [0.3, 0.4) is 0 Å². The van der Waals surface area contributed by atoms with Gasteiger partial charge in [-0.15, -0.1) is 0 Å². The zero-order valence-corrected chi connectivity index (χ0v) is 12.9. The van der Waals surface area contributed by atoms with E-state index in [1.807, 2.05) is 0 Å². The van der Waals surface area contributed by atoms with Crippen molar-refractivity contribution in [2.45, 2.75) is 64.5 Å². The van der Waals surface area contributed by atoms with Gasteiger partial charge in [0.15, 0.2) is 0 Å². The van der Waals surface area contributed by atoms with Crippen LogP contribution in [0.25, 0.3) is 0 Å². The summed E-state index contributed by atoms with van der Waals surface area (Å²) in [7, 11) is 0. The zero-order chi connectivity index (χ0) is 13.9. The van der Waals surface area contributed by atoms with E-state index in [9.17, 15) is 0 Å². The van der Waals surface area contributed by atoms with Crippen molar-refractivity contribution in [3.8, 4) is 0 Å². The molecule has 1 atom stereocenters. The van der Waals surface area contributed by atoms with E-state index in [0.717, 1.165) is 18.2 Å². The Balaban J connectivity index is 1.64. The van der Waals surface area contributed by atoms with E-state index in [-0.39, 0.29) is 0 Å². The topological polar surface area (TPSA) is 33.1 Å². The number of anilines is 1. The predicted molar refractivity (Wildman–Crippen MR) is 83.2 cm³/mol. The van der Waals surface area contributed by atoms with Crippen molar-refractivity contribution in [3.05, 3.63) is 11.9 Å². The first-order chi connectivity index (χ1) is 9.78. The number of hydrogen-bond donors (Lipinski definition) is 1. The van der Waals surface area contributed by atoms with Crippen molar-refractivity contribution in [1.82, 2.24) is 14.5 Å². The number of rotatable bonds is 5. The van der Waals surface area contributed by atoms with Crippen molar-refractivity contribution in [3.63, 3.8) is 0 Å². The largest absolute Gasteiger partial charge is 0.354 e. The standard InChI is InChI=1S/C16H28N4/c1-3-19-10-6-9-15(19)11-17-16-18-13(2)12-20(16)14-7-4-5-8-14/h12,14-15H,3-11H2,1-2H3,(H,17,18). The van der Waals surface area contributed by atoms with Crippen LogP contribution >= 0.6 is 0 Å². The van der Waals surface area contributed by atoms with Gasteiger partial charge in [-0.2, -0.15) is 0 Å². The summed E-state index contributed by atoms with van der Waals surface area (Å²) in [6.07, 6.45) is 10.3. The van der Waals surface area contributed by atoms with Crippen LogP contribution in [-0.4, -0.2) is 40.1 Å². The second kappa shape index (κ2) is 6.17. The molecule has 2 fully saturated rings. The molecule has 0 spiro atoms. The average molecular weight is 276 g/mol. The molecular weight excluding hydrogens is 248 g/mol. The minimum Gasteiger partial charge on any atom is -0.354 e. The molecule has 0 aromatic carbocycles. The van der Waals surface area contributed by atoms with Crippen LogP contribution in [-0.2, 0) is 0 Å². The molecule has 0 amide bonds. The second-order valence-corrected chi connectivity index (χ2v) is 6.36. The van der Waals surface area contributed by atoms with Crippen molar-refractivity contribution < 1.29 is 0 Å². The zero-order valence-electron chi connectivity index (χ0n) is 12.9. The minimum atomic E-state index is 0.671. The molecular formula is C16H28N4. The van der Waals surface area contributed by atoms with E-state index in [0.29, 0.717) is 12.1 Å². The van der Waals surface area contributed by atoms with Crippen LogP contribution in [0.2, 0.25) is 0 Å². The maximum Gasteiger partial charge on any atom is 0.203 e. The van der Waals surface area contributed by atoms with Gasteiger partial charge < -0.3 is 9.88 Å². The summed E-state index contributed by atoms with van der Waals surface area (Å²) in [6, 6.07) is 1.36. The molecule has 4 heteroatoms. The third-order valence-corrected chi connectivity index (χ3v) is 4.97. The summed E-state index contributed by atoms with van der Waals surface area (Å²) in [5, 5.41) is 3.63. The van der Waals surface area contributed by atoms with Gasteiger partial charge in [-0.1, -0.05) is 19.8 Å². The summed E-state index contributed by atoms with van der Waals surface area (Å²) >= 11 is 0. The maximum atomic E-state index is 4.70. The van der Waals surface area contributed by atoms with E-state index >= 15 is 0 Å². The quantitative estimate of drug-likeness (QED) is 0.896. The fourth-order valence-electron chi connectivity index (χ4n) is 3.86. The normalized spacial score (nSPS) is 24.6. The van der Waals surface area contributed by atoms with E-state index < -0.39 is 0 Å². The smallest absolute Gasteiger partial charge is 0.203 e. The van der Waals surface area contributed by atoms with Crippen molar-refractivity contribution in [2.24, 2.45) is 0 Å². The van der Waals surface area contributed by atoms with Crippen LogP contribution < -0.4 is 5.32 Å². The van der Waals surface area contributed by atoms with E-state index in [1.54, 1.807) is 0 Å². The molecule has 4 nitrogen and oxygen atoms in total. The third-order valence-electron chi connectivity index (χ3n) is 4.97. The summed E-state index contributed by atoms with van der Waals surface area (Å²) in [5.74, 6) is 1.09. The lowest BCUT2D eigenvalue weighted by Gasteiger charge is -2.24. The number of imidazole rings is 1. The molecule has 2 aliphatic rings. The molecule has 0 bridgehead atoms. The summed E-state index contributed by atoms with van der Waals surface area (Å²) < 4.78 is 2.40. The van der Waals surface area contributed by atoms with Gasteiger partial charge in [0.1, 0.15) is 0 Å². The Morgan fingerprint density at radius 1 is 1.25 bits per heavy atom. The second-order valence-electron chi connectivity index (χ2n) is 6.36. The van der Waals surface area contributed by atoms with Gasteiger partial charge in [-0.25, -0.2) is 4.98 Å². The number of likely N-dealkylation sites (N-methyl/N-ethyl adjacent to an activating group) is 1. The third kappa shape index (κ3) is 2.85. The molecule has 112 valence electrons. The van der Waals surface area contributed by atoms with E-state index in [4.69, 9.17) is 4.98 Å². The van der Waals surface area contributed by atoms with Gasteiger partial charge in [0, 0.05) is 24.8 Å². The molecule has 1 aromatic rings. The van der Waals surface area contributed by atoms with Gasteiger partial charge in [-0.05, 0) is 45.7 Å². The number of hydrogen-bond acceptors (Lipinski definition) is 3. The first-order valence-electron chi connectivity index (χ1n) is 8.31. The number of aromatic nitrogens is 2. The fourth-order valence-corrected chi connectivity index (χ4v) is 3.86. The molecule has 0 radical (unpaired) electrons. The highest BCUT2D eigenvalue weighted by molar-refractivity contribution is 5.30. The van der Waals surface area contributed by atoms with Crippen molar-refractivity contribution in [1.29, 1.82) is 0 Å². The first-order valence-corrected chi connectivity index (χ1v) is 8.31. The van der Waals surface area contributed by atoms with Gasteiger partial charge in [0.25, 0.3) is 0 Å². The van der Waals surface area contributed by atoms with Gasteiger partial charge in [-0.3, -0.25) is 4.90 Å². The van der Waals surface area contributed by atoms with Crippen molar-refractivity contribution in [2.75, 3.05) is 25.0 Å². The number of nitrogens with one attached hydrogen (secondary N) is 1. The van der Waals surface area contributed by atoms with Crippen LogP contribution in [0.15, 0.2) is 6.20 Å². The molecule has 1 aliphatic heterocycles. The molecule has 1 aromatic heterocycles. The molecule has 20 heavy (non-hydrogen) atoms. The number of likely N-dealkylation sites (tertiary alicyclic amines) is 1. The highest BCUT2D eigenvalue weighted by Crippen LogP contribution is 2.32. The SMILES string of the molecule is CCN1CCCC1CNc1nc(C)cn1C1CCCC1. The summed E-state index contributed by atoms with van der Waals surface area (Å²) in [6.45, 7) is 7.84. The molecule has 1 unspecified atom stereocenters. The minimum absolute atomic E-state index is 0.671. The monoisotopic (exact) mass is 276 g/mol. The lowest BCUT2D eigenvalue weighted by atomic mass is 10.2. The molecule has 1 N–H and O–H groups in total. The van der Waals surface area contributed by atoms with Gasteiger partial charge in [0.05, 0.1) is 5.69 Å². The Bertz CT molecular complexity index is 434. The van der Waals surface area contributed by atoms with E-state index in [2.05, 4.69) is 34.8 Å². The molecule has 3 rings (SSSR count). The Kier molecular flexibility index (Phi) is 4.29. The number of nitrogens with zero attached hydrogens (tertiary/aromatic N) is 3. The van der Waals surface area contributed by atoms with Crippen LogP contribution in [0.1, 0.15) is 57.2 Å². The molecule has 1 saturated heterocycles. The highest BCUT2D eigenvalue weighted by Gasteiger charge is 2.24. The molecule has 2 heterocycles.